The van der Waals surface area contributed by atoms with Gasteiger partial charge in [0.25, 0.3) is 10.1 Å². The molecule has 1 aliphatic rings. The monoisotopic (exact) mass is 357 g/mol. The molecule has 0 radical (unpaired) electrons. The summed E-state index contributed by atoms with van der Waals surface area (Å²) in [6, 6.07) is 4.36. The number of hydrogen-bond acceptors (Lipinski definition) is 6. The molecular weight excluding hydrogens is 334 g/mol. The van der Waals surface area contributed by atoms with E-state index < -0.39 is 16.1 Å². The summed E-state index contributed by atoms with van der Waals surface area (Å²) in [4.78, 5) is 12.9. The molecule has 8 heteroatoms. The Morgan fingerprint density at radius 2 is 2.04 bits per heavy atom. The van der Waals surface area contributed by atoms with Crippen molar-refractivity contribution < 1.29 is 27.2 Å². The maximum Gasteiger partial charge on any atom is 0.335 e. The highest BCUT2D eigenvalue weighted by Crippen LogP contribution is 2.31. The third kappa shape index (κ3) is 6.10. The van der Waals surface area contributed by atoms with Crippen LogP contribution in [0.3, 0.4) is 0 Å². The molecule has 0 aliphatic heterocycles. The summed E-state index contributed by atoms with van der Waals surface area (Å²) in [6.07, 6.45) is 2.20. The van der Waals surface area contributed by atoms with E-state index in [1.54, 1.807) is 19.0 Å². The van der Waals surface area contributed by atoms with Gasteiger partial charge in [-0.3, -0.25) is 4.18 Å². The zero-order valence-electron chi connectivity index (χ0n) is 13.9. The summed E-state index contributed by atoms with van der Waals surface area (Å²) >= 11 is 0. The minimum absolute atomic E-state index is 0.0972. The number of aromatic carboxylic acids is 1. The number of hydrogen-bond donors (Lipinski definition) is 1. The van der Waals surface area contributed by atoms with Gasteiger partial charge in [0.1, 0.15) is 5.75 Å². The first-order chi connectivity index (χ1) is 11.3. The molecule has 0 aromatic heterocycles. The Hall–Kier alpha value is -1.64. The Balaban J connectivity index is 2.05. The first-order valence-corrected chi connectivity index (χ1v) is 9.35. The molecule has 1 aromatic rings. The molecule has 0 atom stereocenters. The van der Waals surface area contributed by atoms with E-state index in [1.807, 2.05) is 0 Å². The standard InChI is InChI=1S/C16H23NO6S/c1-17(2)7-8-24(20,21)23-11-14-6-5-13(16(18)19)9-15(14)22-10-12-3-4-12/h5-6,9,12H,3-4,7-8,10-11H2,1-2H3,(H,18,19). The van der Waals surface area contributed by atoms with Crippen LogP contribution in [0.5, 0.6) is 5.75 Å². The van der Waals surface area contributed by atoms with Gasteiger partial charge in [0.05, 0.1) is 24.5 Å². The molecule has 134 valence electrons. The largest absolute Gasteiger partial charge is 0.493 e. The first kappa shape index (κ1) is 18.7. The number of carboxylic acid groups (broad SMARTS) is 1. The van der Waals surface area contributed by atoms with Crippen molar-refractivity contribution in [1.82, 2.24) is 4.90 Å². The Kier molecular flexibility index (Phi) is 6.20. The van der Waals surface area contributed by atoms with Crippen molar-refractivity contribution in [2.75, 3.05) is 33.0 Å². The van der Waals surface area contributed by atoms with Crippen molar-refractivity contribution in [2.45, 2.75) is 19.4 Å². The number of benzene rings is 1. The highest BCUT2D eigenvalue weighted by Gasteiger charge is 2.23. The van der Waals surface area contributed by atoms with E-state index in [0.29, 0.717) is 30.4 Å². The highest BCUT2D eigenvalue weighted by molar-refractivity contribution is 7.86. The highest BCUT2D eigenvalue weighted by atomic mass is 32.2. The number of carbonyl (C=O) groups is 1. The van der Waals surface area contributed by atoms with Crippen LogP contribution in [0.4, 0.5) is 0 Å². The van der Waals surface area contributed by atoms with Gasteiger partial charge in [-0.05, 0) is 45.0 Å². The molecule has 0 spiro atoms. The molecular formula is C16H23NO6S. The normalized spacial score (nSPS) is 14.8. The molecule has 1 saturated carbocycles. The van der Waals surface area contributed by atoms with E-state index >= 15 is 0 Å². The summed E-state index contributed by atoms with van der Waals surface area (Å²) in [6.45, 7) is 0.699. The summed E-state index contributed by atoms with van der Waals surface area (Å²) < 4.78 is 34.5. The van der Waals surface area contributed by atoms with Gasteiger partial charge in [0.15, 0.2) is 0 Å². The van der Waals surface area contributed by atoms with Crippen LogP contribution in [0.1, 0.15) is 28.8 Å². The molecule has 2 rings (SSSR count). The fraction of sp³-hybridized carbons (Fsp3) is 0.562. The fourth-order valence-corrected chi connectivity index (χ4v) is 2.95. The molecule has 0 heterocycles. The quantitative estimate of drug-likeness (QED) is 0.636. The molecule has 1 fully saturated rings. The van der Waals surface area contributed by atoms with Crippen LogP contribution in [-0.2, 0) is 20.9 Å². The molecule has 1 aliphatic carbocycles. The van der Waals surface area contributed by atoms with Crippen LogP contribution in [-0.4, -0.2) is 57.4 Å². The molecule has 24 heavy (non-hydrogen) atoms. The molecule has 1 aromatic carbocycles. The van der Waals surface area contributed by atoms with Crippen LogP contribution in [0.2, 0.25) is 0 Å². The van der Waals surface area contributed by atoms with Gasteiger partial charge in [0, 0.05) is 12.1 Å². The van der Waals surface area contributed by atoms with E-state index in [4.69, 9.17) is 14.0 Å². The van der Waals surface area contributed by atoms with Gasteiger partial charge in [0.2, 0.25) is 0 Å². The lowest BCUT2D eigenvalue weighted by Gasteiger charge is -2.13. The van der Waals surface area contributed by atoms with Crippen molar-refractivity contribution in [3.8, 4) is 5.75 Å². The second kappa shape index (κ2) is 7.96. The topological polar surface area (TPSA) is 93.1 Å². The smallest absolute Gasteiger partial charge is 0.335 e. The predicted molar refractivity (Wildman–Crippen MR) is 88.8 cm³/mol. The van der Waals surface area contributed by atoms with E-state index in [-0.39, 0.29) is 17.9 Å². The number of carboxylic acids is 1. The summed E-state index contributed by atoms with van der Waals surface area (Å²) in [5.74, 6) is -0.302. The van der Waals surface area contributed by atoms with Gasteiger partial charge in [-0.25, -0.2) is 4.79 Å². The van der Waals surface area contributed by atoms with Crippen molar-refractivity contribution in [3.63, 3.8) is 0 Å². The van der Waals surface area contributed by atoms with Gasteiger partial charge < -0.3 is 14.7 Å². The second-order valence-corrected chi connectivity index (χ2v) is 7.97. The second-order valence-electron chi connectivity index (χ2n) is 6.21. The van der Waals surface area contributed by atoms with Gasteiger partial charge >= 0.3 is 5.97 Å². The van der Waals surface area contributed by atoms with Gasteiger partial charge in [-0.15, -0.1) is 0 Å². The summed E-state index contributed by atoms with van der Waals surface area (Å²) in [5, 5.41) is 9.08. The lowest BCUT2D eigenvalue weighted by molar-refractivity contribution is 0.0696. The Morgan fingerprint density at radius 1 is 1.33 bits per heavy atom. The van der Waals surface area contributed by atoms with Crippen LogP contribution in [0, 0.1) is 5.92 Å². The molecule has 0 unspecified atom stereocenters. The van der Waals surface area contributed by atoms with Crippen molar-refractivity contribution in [3.05, 3.63) is 29.3 Å². The van der Waals surface area contributed by atoms with Crippen LogP contribution in [0.25, 0.3) is 0 Å². The van der Waals surface area contributed by atoms with Crippen LogP contribution in [0.15, 0.2) is 18.2 Å². The maximum absolute atomic E-state index is 11.9. The average Bonchev–Trinajstić information content (AvgIpc) is 3.33. The molecule has 0 amide bonds. The summed E-state index contributed by atoms with van der Waals surface area (Å²) in [5.41, 5.74) is 0.620. The Labute approximate surface area is 142 Å². The third-order valence-electron chi connectivity index (χ3n) is 3.67. The van der Waals surface area contributed by atoms with E-state index in [2.05, 4.69) is 0 Å². The minimum atomic E-state index is -3.65. The predicted octanol–water partition coefficient (Wildman–Crippen LogP) is 1.58. The molecule has 0 bridgehead atoms. The van der Waals surface area contributed by atoms with Crippen molar-refractivity contribution >= 4 is 16.1 Å². The Morgan fingerprint density at radius 3 is 2.62 bits per heavy atom. The average molecular weight is 357 g/mol. The lowest BCUT2D eigenvalue weighted by Crippen LogP contribution is -2.23. The number of rotatable bonds is 10. The van der Waals surface area contributed by atoms with Crippen molar-refractivity contribution in [2.24, 2.45) is 5.92 Å². The van der Waals surface area contributed by atoms with E-state index in [9.17, 15) is 13.2 Å². The minimum Gasteiger partial charge on any atom is -0.493 e. The third-order valence-corrected chi connectivity index (χ3v) is 4.83. The Bertz CT molecular complexity index is 682. The lowest BCUT2D eigenvalue weighted by atomic mass is 10.1. The molecule has 7 nitrogen and oxygen atoms in total. The zero-order valence-corrected chi connectivity index (χ0v) is 14.7. The van der Waals surface area contributed by atoms with Crippen molar-refractivity contribution in [1.29, 1.82) is 0 Å². The molecule has 1 N–H and O–H groups in total. The van der Waals surface area contributed by atoms with E-state index in [0.717, 1.165) is 12.8 Å². The fourth-order valence-electron chi connectivity index (χ4n) is 1.94. The number of nitrogens with zero attached hydrogens (tertiary/aromatic N) is 1. The zero-order chi connectivity index (χ0) is 17.7. The SMILES string of the molecule is CN(C)CCS(=O)(=O)OCc1ccc(C(=O)O)cc1OCC1CC1. The van der Waals surface area contributed by atoms with E-state index in [1.165, 1.54) is 18.2 Å². The van der Waals surface area contributed by atoms with Crippen LogP contribution >= 0.6 is 0 Å². The molecule has 0 saturated heterocycles. The van der Waals surface area contributed by atoms with Gasteiger partial charge in [-0.2, -0.15) is 8.42 Å². The van der Waals surface area contributed by atoms with Gasteiger partial charge in [-0.1, -0.05) is 6.07 Å². The maximum atomic E-state index is 11.9. The van der Waals surface area contributed by atoms with Crippen LogP contribution < -0.4 is 4.74 Å². The summed E-state index contributed by atoms with van der Waals surface area (Å²) in [7, 11) is -0.0871. The number of ether oxygens (including phenoxy) is 1. The first-order valence-electron chi connectivity index (χ1n) is 7.77.